The maximum Gasteiger partial charge on any atom is 0.303 e. The lowest BCUT2D eigenvalue weighted by molar-refractivity contribution is -0.137. The van der Waals surface area contributed by atoms with Crippen molar-refractivity contribution in [2.75, 3.05) is 7.11 Å². The Morgan fingerprint density at radius 2 is 2.22 bits per heavy atom. The molecule has 1 unspecified atom stereocenters. The third kappa shape index (κ3) is 2.53. The number of benzene rings is 1. The molecule has 2 rings (SSSR count). The Morgan fingerprint density at radius 1 is 1.56 bits per heavy atom. The minimum atomic E-state index is -0.867. The van der Waals surface area contributed by atoms with Gasteiger partial charge in [-0.3, -0.25) is 4.79 Å². The van der Waals surface area contributed by atoms with Crippen LogP contribution in [0.5, 0.6) is 11.5 Å². The minimum absolute atomic E-state index is 0.00417. The van der Waals surface area contributed by atoms with Crippen LogP contribution in [0.2, 0.25) is 5.02 Å². The van der Waals surface area contributed by atoms with Gasteiger partial charge in [-0.1, -0.05) is 11.6 Å². The molecule has 0 heterocycles. The van der Waals surface area contributed by atoms with E-state index in [1.54, 1.807) is 6.07 Å². The monoisotopic (exact) mass is 270 g/mol. The molecule has 0 spiro atoms. The number of carbonyl (C=O) groups is 1. The maximum atomic E-state index is 11.0. The average molecular weight is 271 g/mol. The summed E-state index contributed by atoms with van der Waals surface area (Å²) in [6.45, 7) is 0. The van der Waals surface area contributed by atoms with Crippen molar-refractivity contribution in [2.24, 2.45) is 5.92 Å². The van der Waals surface area contributed by atoms with Gasteiger partial charge in [-0.05, 0) is 30.9 Å². The van der Waals surface area contributed by atoms with E-state index in [1.165, 1.54) is 13.2 Å². The number of aliphatic carboxylic acids is 1. The van der Waals surface area contributed by atoms with Crippen molar-refractivity contribution >= 4 is 17.6 Å². The summed E-state index contributed by atoms with van der Waals surface area (Å²) in [5.74, 6) is -0.465. The summed E-state index contributed by atoms with van der Waals surface area (Å²) in [7, 11) is 1.44. The van der Waals surface area contributed by atoms with Crippen LogP contribution in [0.25, 0.3) is 0 Å². The number of phenolic OH excluding ortho intramolecular Hbond substituents is 1. The molecule has 0 aromatic heterocycles. The summed E-state index contributed by atoms with van der Waals surface area (Å²) in [4.78, 5) is 11.0. The fraction of sp³-hybridized carbons (Fsp3) is 0.462. The second-order valence-electron chi connectivity index (χ2n) is 4.56. The van der Waals surface area contributed by atoms with Gasteiger partial charge in [-0.15, -0.1) is 0 Å². The van der Waals surface area contributed by atoms with Crippen LogP contribution < -0.4 is 4.74 Å². The van der Waals surface area contributed by atoms with Gasteiger partial charge < -0.3 is 14.9 Å². The van der Waals surface area contributed by atoms with Crippen LogP contribution in [0, 0.1) is 5.92 Å². The van der Waals surface area contributed by atoms with Crippen molar-refractivity contribution in [3.8, 4) is 11.5 Å². The van der Waals surface area contributed by atoms with Crippen LogP contribution in [0.4, 0.5) is 0 Å². The van der Waals surface area contributed by atoms with Crippen molar-refractivity contribution in [3.05, 3.63) is 22.7 Å². The summed E-state index contributed by atoms with van der Waals surface area (Å²) in [6, 6.07) is 3.03. The van der Waals surface area contributed by atoms with Crippen LogP contribution in [-0.4, -0.2) is 23.3 Å². The standard InChI is InChI=1S/C13H15ClO4/c1-18-13-10(15)5-4-9(14)12(13)8(6-11(16)17)7-2-3-7/h4-5,7-8,15H,2-3,6H2,1H3,(H,16,17). The number of rotatable bonds is 5. The van der Waals surface area contributed by atoms with Gasteiger partial charge in [-0.25, -0.2) is 0 Å². The van der Waals surface area contributed by atoms with E-state index >= 15 is 0 Å². The molecule has 1 aliphatic rings. The van der Waals surface area contributed by atoms with Gasteiger partial charge in [0, 0.05) is 16.5 Å². The van der Waals surface area contributed by atoms with Gasteiger partial charge in [0.05, 0.1) is 13.5 Å². The van der Waals surface area contributed by atoms with E-state index < -0.39 is 5.97 Å². The second-order valence-corrected chi connectivity index (χ2v) is 4.96. The summed E-state index contributed by atoms with van der Waals surface area (Å²) < 4.78 is 5.17. The Balaban J connectivity index is 2.45. The molecule has 0 saturated heterocycles. The molecule has 2 N–H and O–H groups in total. The molecule has 1 aliphatic carbocycles. The highest BCUT2D eigenvalue weighted by atomic mass is 35.5. The third-order valence-corrected chi connectivity index (χ3v) is 3.61. The van der Waals surface area contributed by atoms with Crippen molar-refractivity contribution in [3.63, 3.8) is 0 Å². The molecule has 1 saturated carbocycles. The molecule has 5 heteroatoms. The Bertz CT molecular complexity index is 468. The van der Waals surface area contributed by atoms with E-state index in [9.17, 15) is 9.90 Å². The van der Waals surface area contributed by atoms with Crippen molar-refractivity contribution in [1.29, 1.82) is 0 Å². The second kappa shape index (κ2) is 5.06. The molecule has 0 amide bonds. The highest BCUT2D eigenvalue weighted by Gasteiger charge is 2.37. The number of aromatic hydroxyl groups is 1. The zero-order valence-corrected chi connectivity index (χ0v) is 10.8. The van der Waals surface area contributed by atoms with Gasteiger partial charge in [0.2, 0.25) is 0 Å². The van der Waals surface area contributed by atoms with Gasteiger partial charge >= 0.3 is 5.97 Å². The van der Waals surface area contributed by atoms with E-state index in [0.29, 0.717) is 22.3 Å². The van der Waals surface area contributed by atoms with Crippen molar-refractivity contribution in [1.82, 2.24) is 0 Å². The zero-order valence-electron chi connectivity index (χ0n) is 10.0. The Morgan fingerprint density at radius 3 is 2.72 bits per heavy atom. The normalized spacial score (nSPS) is 16.3. The van der Waals surface area contributed by atoms with Gasteiger partial charge in [0.1, 0.15) is 0 Å². The molecular weight excluding hydrogens is 256 g/mol. The fourth-order valence-electron chi connectivity index (χ4n) is 2.32. The number of carboxylic acids is 1. The Labute approximate surface area is 110 Å². The summed E-state index contributed by atoms with van der Waals surface area (Å²) in [5.41, 5.74) is 0.615. The predicted octanol–water partition coefficient (Wildman–Crippen LogP) is 3.02. The molecule has 0 aliphatic heterocycles. The molecule has 1 aromatic rings. The number of ether oxygens (including phenoxy) is 1. The van der Waals surface area contributed by atoms with E-state index in [2.05, 4.69) is 0 Å². The fourth-order valence-corrected chi connectivity index (χ4v) is 2.60. The highest BCUT2D eigenvalue weighted by Crippen LogP contribution is 2.51. The number of phenols is 1. The van der Waals surface area contributed by atoms with Crippen LogP contribution in [-0.2, 0) is 4.79 Å². The van der Waals surface area contributed by atoms with E-state index in [0.717, 1.165) is 12.8 Å². The first-order chi connectivity index (χ1) is 8.54. The molecule has 0 bridgehead atoms. The SMILES string of the molecule is COc1c(O)ccc(Cl)c1C(CC(=O)O)C1CC1. The number of carboxylic acid groups (broad SMARTS) is 1. The topological polar surface area (TPSA) is 66.8 Å². The lowest BCUT2D eigenvalue weighted by Gasteiger charge is -2.20. The minimum Gasteiger partial charge on any atom is -0.504 e. The molecule has 4 nitrogen and oxygen atoms in total. The van der Waals surface area contributed by atoms with E-state index in [-0.39, 0.29) is 18.1 Å². The molecular formula is C13H15ClO4. The Kier molecular flexibility index (Phi) is 3.66. The first-order valence-corrected chi connectivity index (χ1v) is 6.19. The summed E-state index contributed by atoms with van der Waals surface area (Å²) in [5, 5.41) is 19.2. The smallest absolute Gasteiger partial charge is 0.303 e. The maximum absolute atomic E-state index is 11.0. The van der Waals surface area contributed by atoms with Gasteiger partial charge in [-0.2, -0.15) is 0 Å². The zero-order chi connectivity index (χ0) is 13.3. The van der Waals surface area contributed by atoms with E-state index in [4.69, 9.17) is 21.4 Å². The lowest BCUT2D eigenvalue weighted by Crippen LogP contribution is -2.10. The Hall–Kier alpha value is -1.42. The molecule has 0 radical (unpaired) electrons. The number of methoxy groups -OCH3 is 1. The highest BCUT2D eigenvalue weighted by molar-refractivity contribution is 6.31. The first kappa shape index (κ1) is 13.0. The average Bonchev–Trinajstić information content (AvgIpc) is 3.13. The summed E-state index contributed by atoms with van der Waals surface area (Å²) >= 11 is 6.15. The van der Waals surface area contributed by atoms with Crippen LogP contribution in [0.3, 0.4) is 0 Å². The van der Waals surface area contributed by atoms with Crippen molar-refractivity contribution in [2.45, 2.75) is 25.2 Å². The number of hydrogen-bond acceptors (Lipinski definition) is 3. The van der Waals surface area contributed by atoms with Crippen molar-refractivity contribution < 1.29 is 19.7 Å². The predicted molar refractivity (Wildman–Crippen MR) is 67.4 cm³/mol. The molecule has 1 atom stereocenters. The molecule has 1 aromatic carbocycles. The van der Waals surface area contributed by atoms with Crippen LogP contribution in [0.15, 0.2) is 12.1 Å². The van der Waals surface area contributed by atoms with Crippen LogP contribution in [0.1, 0.15) is 30.7 Å². The largest absolute Gasteiger partial charge is 0.504 e. The lowest BCUT2D eigenvalue weighted by atomic mass is 9.90. The number of hydrogen-bond donors (Lipinski definition) is 2. The first-order valence-electron chi connectivity index (χ1n) is 5.81. The third-order valence-electron chi connectivity index (χ3n) is 3.28. The quantitative estimate of drug-likeness (QED) is 0.863. The number of halogens is 1. The molecule has 98 valence electrons. The van der Waals surface area contributed by atoms with E-state index in [1.807, 2.05) is 0 Å². The van der Waals surface area contributed by atoms with Crippen LogP contribution >= 0.6 is 11.6 Å². The molecule has 1 fully saturated rings. The van der Waals surface area contributed by atoms with Gasteiger partial charge in [0.25, 0.3) is 0 Å². The molecule has 18 heavy (non-hydrogen) atoms. The van der Waals surface area contributed by atoms with Gasteiger partial charge in [0.15, 0.2) is 11.5 Å². The summed E-state index contributed by atoms with van der Waals surface area (Å²) in [6.07, 6.45) is 1.99.